The lowest BCUT2D eigenvalue weighted by molar-refractivity contribution is 0.185. The van der Waals surface area contributed by atoms with E-state index in [1.54, 1.807) is 25.6 Å². The third kappa shape index (κ3) is 4.42. The number of hydrogen-bond donors (Lipinski definition) is 0. The number of benzene rings is 1. The molecule has 148 valence electrons. The number of ether oxygens (including phenoxy) is 1. The Morgan fingerprint density at radius 3 is 2.79 bits per heavy atom. The SMILES string of the molecule is COCCn1c(SCc2cc(=O)oc3cc(Br)ccc23)nnc1-c1ccncc1. The molecule has 1 aromatic carbocycles. The standard InChI is InChI=1S/C20H17BrN4O3S/c1-27-9-8-25-19(13-4-6-22-7-5-13)23-24-20(25)29-12-14-10-18(26)28-17-11-15(21)2-3-16(14)17/h2-7,10-11H,8-9,12H2,1H3. The molecule has 0 atom stereocenters. The molecule has 9 heteroatoms. The molecule has 3 aromatic heterocycles. The Bertz CT molecular complexity index is 1190. The molecule has 0 saturated carbocycles. The molecule has 0 aliphatic carbocycles. The molecule has 0 unspecified atom stereocenters. The van der Waals surface area contributed by atoms with Gasteiger partial charge >= 0.3 is 5.63 Å². The molecule has 4 rings (SSSR count). The summed E-state index contributed by atoms with van der Waals surface area (Å²) in [6.45, 7) is 1.16. The minimum Gasteiger partial charge on any atom is -0.423 e. The van der Waals surface area contributed by atoms with Gasteiger partial charge in [-0.2, -0.15) is 0 Å². The third-order valence-corrected chi connectivity index (χ3v) is 5.83. The normalized spacial score (nSPS) is 11.2. The van der Waals surface area contributed by atoms with Crippen molar-refractivity contribution in [2.75, 3.05) is 13.7 Å². The summed E-state index contributed by atoms with van der Waals surface area (Å²) in [6.07, 6.45) is 3.45. The van der Waals surface area contributed by atoms with E-state index < -0.39 is 0 Å². The second-order valence-corrected chi connectivity index (χ2v) is 8.06. The van der Waals surface area contributed by atoms with Crippen molar-refractivity contribution in [2.24, 2.45) is 0 Å². The quantitative estimate of drug-likeness (QED) is 0.295. The van der Waals surface area contributed by atoms with Crippen LogP contribution >= 0.6 is 27.7 Å². The molecule has 0 spiro atoms. The second kappa shape index (κ2) is 8.89. The predicted octanol–water partition coefficient (Wildman–Crippen LogP) is 4.15. The summed E-state index contributed by atoms with van der Waals surface area (Å²) in [4.78, 5) is 16.0. The molecule has 29 heavy (non-hydrogen) atoms. The van der Waals surface area contributed by atoms with Crippen molar-refractivity contribution < 1.29 is 9.15 Å². The highest BCUT2D eigenvalue weighted by molar-refractivity contribution is 9.10. The Hall–Kier alpha value is -2.49. The monoisotopic (exact) mass is 472 g/mol. The van der Waals surface area contributed by atoms with E-state index in [4.69, 9.17) is 9.15 Å². The van der Waals surface area contributed by atoms with E-state index in [2.05, 4.69) is 31.1 Å². The molecule has 7 nitrogen and oxygen atoms in total. The van der Waals surface area contributed by atoms with Gasteiger partial charge in [0.25, 0.3) is 0 Å². The van der Waals surface area contributed by atoms with Crippen LogP contribution in [0, 0.1) is 0 Å². The van der Waals surface area contributed by atoms with Crippen molar-refractivity contribution in [3.05, 3.63) is 69.2 Å². The third-order valence-electron chi connectivity index (χ3n) is 4.32. The molecule has 0 N–H and O–H groups in total. The van der Waals surface area contributed by atoms with Crippen LogP contribution in [0.1, 0.15) is 5.56 Å². The van der Waals surface area contributed by atoms with Crippen LogP contribution in [0.25, 0.3) is 22.4 Å². The van der Waals surface area contributed by atoms with Crippen molar-refractivity contribution in [1.29, 1.82) is 0 Å². The summed E-state index contributed by atoms with van der Waals surface area (Å²) in [5, 5.41) is 10.4. The van der Waals surface area contributed by atoms with E-state index in [0.29, 0.717) is 24.5 Å². The minimum atomic E-state index is -0.371. The molecule has 0 amide bonds. The van der Waals surface area contributed by atoms with Crippen LogP contribution in [0.4, 0.5) is 0 Å². The Morgan fingerprint density at radius 1 is 1.17 bits per heavy atom. The van der Waals surface area contributed by atoms with Crippen LogP contribution in [0.2, 0.25) is 0 Å². The first-order chi connectivity index (χ1) is 14.2. The fraction of sp³-hybridized carbons (Fsp3) is 0.200. The van der Waals surface area contributed by atoms with Crippen molar-refractivity contribution in [3.63, 3.8) is 0 Å². The van der Waals surface area contributed by atoms with Gasteiger partial charge in [-0.1, -0.05) is 27.7 Å². The summed E-state index contributed by atoms with van der Waals surface area (Å²) < 4.78 is 13.5. The first-order valence-corrected chi connectivity index (χ1v) is 10.6. The van der Waals surface area contributed by atoms with Crippen LogP contribution in [0.15, 0.2) is 67.6 Å². The van der Waals surface area contributed by atoms with E-state index in [1.807, 2.05) is 28.8 Å². The van der Waals surface area contributed by atoms with Crippen molar-refractivity contribution >= 4 is 38.7 Å². The first kappa shape index (κ1) is 19.8. The van der Waals surface area contributed by atoms with Gasteiger partial charge < -0.3 is 9.15 Å². The van der Waals surface area contributed by atoms with E-state index >= 15 is 0 Å². The highest BCUT2D eigenvalue weighted by Gasteiger charge is 2.15. The lowest BCUT2D eigenvalue weighted by Gasteiger charge is -2.10. The van der Waals surface area contributed by atoms with Gasteiger partial charge in [-0.25, -0.2) is 4.79 Å². The number of fused-ring (bicyclic) bond motifs is 1. The number of nitrogens with zero attached hydrogens (tertiary/aromatic N) is 4. The molecular formula is C20H17BrN4O3S. The zero-order chi connectivity index (χ0) is 20.2. The predicted molar refractivity (Wildman–Crippen MR) is 115 cm³/mol. The Kier molecular flexibility index (Phi) is 6.08. The maximum atomic E-state index is 12.0. The highest BCUT2D eigenvalue weighted by Crippen LogP contribution is 2.29. The molecule has 4 aromatic rings. The lowest BCUT2D eigenvalue weighted by atomic mass is 10.1. The van der Waals surface area contributed by atoms with Gasteiger partial charge in [-0.05, 0) is 35.9 Å². The molecule has 0 radical (unpaired) electrons. The summed E-state index contributed by atoms with van der Waals surface area (Å²) in [7, 11) is 1.66. The van der Waals surface area contributed by atoms with Gasteiger partial charge in [0.15, 0.2) is 11.0 Å². The van der Waals surface area contributed by atoms with Crippen LogP contribution in [-0.2, 0) is 17.0 Å². The van der Waals surface area contributed by atoms with Crippen molar-refractivity contribution in [2.45, 2.75) is 17.5 Å². The largest absolute Gasteiger partial charge is 0.423 e. The maximum absolute atomic E-state index is 12.0. The number of rotatable bonds is 7. The first-order valence-electron chi connectivity index (χ1n) is 8.83. The fourth-order valence-electron chi connectivity index (χ4n) is 2.96. The van der Waals surface area contributed by atoms with Gasteiger partial charge in [0, 0.05) is 46.7 Å². The molecule has 0 aliphatic rings. The van der Waals surface area contributed by atoms with Crippen molar-refractivity contribution in [3.8, 4) is 11.4 Å². The maximum Gasteiger partial charge on any atom is 0.336 e. The fourth-order valence-corrected chi connectivity index (χ4v) is 4.26. The van der Waals surface area contributed by atoms with Crippen LogP contribution in [-0.4, -0.2) is 33.5 Å². The number of methoxy groups -OCH3 is 1. The topological polar surface area (TPSA) is 83.0 Å². The molecule has 0 bridgehead atoms. The summed E-state index contributed by atoms with van der Waals surface area (Å²) in [6, 6.07) is 11.0. The van der Waals surface area contributed by atoms with Gasteiger partial charge in [0.2, 0.25) is 0 Å². The van der Waals surface area contributed by atoms with Gasteiger partial charge in [0.05, 0.1) is 13.2 Å². The molecule has 3 heterocycles. The molecule has 0 aliphatic heterocycles. The molecule has 0 fully saturated rings. The van der Waals surface area contributed by atoms with Crippen LogP contribution in [0.3, 0.4) is 0 Å². The zero-order valence-corrected chi connectivity index (χ0v) is 17.9. The highest BCUT2D eigenvalue weighted by atomic mass is 79.9. The summed E-state index contributed by atoms with van der Waals surface area (Å²) >= 11 is 4.93. The number of pyridine rings is 1. The van der Waals surface area contributed by atoms with Crippen LogP contribution in [0.5, 0.6) is 0 Å². The number of thioether (sulfide) groups is 1. The van der Waals surface area contributed by atoms with E-state index in [1.165, 1.54) is 17.8 Å². The number of halogens is 1. The summed E-state index contributed by atoms with van der Waals surface area (Å²) in [5.41, 5.74) is 2.01. The molecule has 0 saturated heterocycles. The lowest BCUT2D eigenvalue weighted by Crippen LogP contribution is -2.08. The smallest absolute Gasteiger partial charge is 0.336 e. The van der Waals surface area contributed by atoms with E-state index in [-0.39, 0.29) is 5.63 Å². The Morgan fingerprint density at radius 2 is 2.00 bits per heavy atom. The van der Waals surface area contributed by atoms with Gasteiger partial charge in [0.1, 0.15) is 5.58 Å². The number of aromatic nitrogens is 4. The average Bonchev–Trinajstić information content (AvgIpc) is 3.13. The van der Waals surface area contributed by atoms with E-state index in [0.717, 1.165) is 32.0 Å². The second-order valence-electron chi connectivity index (χ2n) is 6.21. The minimum absolute atomic E-state index is 0.371. The summed E-state index contributed by atoms with van der Waals surface area (Å²) in [5.74, 6) is 1.32. The van der Waals surface area contributed by atoms with Gasteiger partial charge in [-0.3, -0.25) is 9.55 Å². The zero-order valence-electron chi connectivity index (χ0n) is 15.5. The Balaban J connectivity index is 1.66. The van der Waals surface area contributed by atoms with E-state index in [9.17, 15) is 4.79 Å². The average molecular weight is 473 g/mol. The van der Waals surface area contributed by atoms with Gasteiger partial charge in [-0.15, -0.1) is 10.2 Å². The number of hydrogen-bond acceptors (Lipinski definition) is 7. The van der Waals surface area contributed by atoms with Crippen molar-refractivity contribution in [1.82, 2.24) is 19.7 Å². The molecular weight excluding hydrogens is 456 g/mol. The Labute approximate surface area is 179 Å². The van der Waals surface area contributed by atoms with Crippen LogP contribution < -0.4 is 5.63 Å².